The van der Waals surface area contributed by atoms with Gasteiger partial charge in [-0.3, -0.25) is 0 Å². The van der Waals surface area contributed by atoms with Crippen LogP contribution in [0.3, 0.4) is 0 Å². The molecule has 14 heteroatoms. The molecule has 1 aliphatic rings. The van der Waals surface area contributed by atoms with Crippen LogP contribution in [0.15, 0.2) is 6.07 Å². The summed E-state index contributed by atoms with van der Waals surface area (Å²) in [6, 6.07) is 1.76. The molecular formula is C23H30F3N7O3S. The first-order valence-corrected chi connectivity index (χ1v) is 12.8. The minimum atomic E-state index is -4.57. The maximum atomic E-state index is 13.3. The van der Waals surface area contributed by atoms with E-state index in [0.717, 1.165) is 32.5 Å². The second-order valence-corrected chi connectivity index (χ2v) is 11.0. The lowest BCUT2D eigenvalue weighted by molar-refractivity contribution is -0.147. The Labute approximate surface area is 216 Å². The standard InChI is InChI=1S/C23H30F3N7O3S/c1-6-7-14-10-15-17(32-8-9-33-16(11-32)30-31-19(33)23(24,25)26)28-20(29-18(15)37-14)35-12-13(2)27-21(34)36-22(3,4)5/h10,13H,6-9,11-12H2,1-5H3,(H,27,34). The molecule has 0 saturated carbocycles. The number of carbonyl (C=O) groups excluding carboxylic acids is 1. The van der Waals surface area contributed by atoms with Crippen LogP contribution >= 0.6 is 11.3 Å². The van der Waals surface area contributed by atoms with E-state index in [-0.39, 0.29) is 44.1 Å². The molecule has 0 spiro atoms. The summed E-state index contributed by atoms with van der Waals surface area (Å²) in [5.74, 6) is -0.215. The van der Waals surface area contributed by atoms with E-state index in [2.05, 4.69) is 32.4 Å². The third-order valence-corrected chi connectivity index (χ3v) is 6.52. The van der Waals surface area contributed by atoms with Crippen molar-refractivity contribution < 1.29 is 27.4 Å². The van der Waals surface area contributed by atoms with Gasteiger partial charge in [0.05, 0.1) is 18.0 Å². The predicted octanol–water partition coefficient (Wildman–Crippen LogP) is 4.57. The lowest BCUT2D eigenvalue weighted by atomic mass is 10.2. The van der Waals surface area contributed by atoms with E-state index >= 15 is 0 Å². The largest absolute Gasteiger partial charge is 0.461 e. The minimum Gasteiger partial charge on any atom is -0.461 e. The number of alkyl carbamates (subject to hydrolysis) is 1. The number of alkyl halides is 3. The number of aromatic nitrogens is 5. The molecule has 4 rings (SSSR count). The first-order valence-electron chi connectivity index (χ1n) is 12.0. The zero-order valence-electron chi connectivity index (χ0n) is 21.3. The number of hydrogen-bond donors (Lipinski definition) is 1. The Kier molecular flexibility index (Phi) is 7.49. The zero-order chi connectivity index (χ0) is 27.0. The minimum absolute atomic E-state index is 0.0711. The van der Waals surface area contributed by atoms with E-state index in [1.807, 2.05) is 11.0 Å². The average Bonchev–Trinajstić information content (AvgIpc) is 3.39. The van der Waals surface area contributed by atoms with Gasteiger partial charge in [0.2, 0.25) is 5.82 Å². The highest BCUT2D eigenvalue weighted by atomic mass is 32.1. The van der Waals surface area contributed by atoms with E-state index in [4.69, 9.17) is 9.47 Å². The van der Waals surface area contributed by atoms with Gasteiger partial charge in [-0.15, -0.1) is 21.5 Å². The number of amides is 1. The number of rotatable bonds is 7. The van der Waals surface area contributed by atoms with Crippen LogP contribution in [0.2, 0.25) is 0 Å². The van der Waals surface area contributed by atoms with Gasteiger partial charge in [0.15, 0.2) is 5.82 Å². The zero-order valence-corrected chi connectivity index (χ0v) is 22.2. The Morgan fingerprint density at radius 1 is 1.22 bits per heavy atom. The fraction of sp³-hybridized carbons (Fsp3) is 0.609. The molecule has 10 nitrogen and oxygen atoms in total. The van der Waals surface area contributed by atoms with Crippen molar-refractivity contribution in [2.45, 2.75) is 78.4 Å². The topological polar surface area (TPSA) is 107 Å². The summed E-state index contributed by atoms with van der Waals surface area (Å²) in [6.45, 7) is 9.75. The highest BCUT2D eigenvalue weighted by Crippen LogP contribution is 2.36. The first-order chi connectivity index (χ1) is 17.3. The number of nitrogens with one attached hydrogen (secondary N) is 1. The predicted molar refractivity (Wildman–Crippen MR) is 132 cm³/mol. The van der Waals surface area contributed by atoms with Crippen LogP contribution in [0.1, 0.15) is 57.6 Å². The van der Waals surface area contributed by atoms with Gasteiger partial charge < -0.3 is 24.3 Å². The summed E-state index contributed by atoms with van der Waals surface area (Å²) in [5.41, 5.74) is -0.622. The van der Waals surface area contributed by atoms with E-state index < -0.39 is 23.7 Å². The van der Waals surface area contributed by atoms with Gasteiger partial charge in [-0.05, 0) is 40.2 Å². The molecule has 0 saturated heterocycles. The van der Waals surface area contributed by atoms with Crippen LogP contribution < -0.4 is 15.0 Å². The van der Waals surface area contributed by atoms with Crippen LogP contribution in [0.5, 0.6) is 6.01 Å². The molecule has 1 aliphatic heterocycles. The molecule has 202 valence electrons. The lowest BCUT2D eigenvalue weighted by Crippen LogP contribution is -2.40. The molecule has 1 atom stereocenters. The van der Waals surface area contributed by atoms with Crippen molar-refractivity contribution >= 4 is 33.5 Å². The highest BCUT2D eigenvalue weighted by Gasteiger charge is 2.39. The van der Waals surface area contributed by atoms with Gasteiger partial charge in [-0.1, -0.05) is 13.3 Å². The van der Waals surface area contributed by atoms with Gasteiger partial charge >= 0.3 is 18.3 Å². The smallest absolute Gasteiger partial charge is 0.451 e. The fourth-order valence-electron chi connectivity index (χ4n) is 3.91. The number of aryl methyl sites for hydroxylation is 1. The van der Waals surface area contributed by atoms with Crippen molar-refractivity contribution in [1.29, 1.82) is 0 Å². The van der Waals surface area contributed by atoms with Crippen LogP contribution in [-0.2, 0) is 30.4 Å². The number of anilines is 1. The number of ether oxygens (including phenoxy) is 2. The molecule has 0 aliphatic carbocycles. The Bertz CT molecular complexity index is 1270. The summed E-state index contributed by atoms with van der Waals surface area (Å²) < 4.78 is 52.0. The maximum absolute atomic E-state index is 13.3. The molecule has 37 heavy (non-hydrogen) atoms. The summed E-state index contributed by atoms with van der Waals surface area (Å²) in [4.78, 5) is 24.9. The van der Waals surface area contributed by atoms with Gasteiger partial charge in [-0.25, -0.2) is 4.79 Å². The molecule has 0 bridgehead atoms. The van der Waals surface area contributed by atoms with Gasteiger partial charge in [0.25, 0.3) is 0 Å². The lowest BCUT2D eigenvalue weighted by Gasteiger charge is -2.29. The van der Waals surface area contributed by atoms with Crippen molar-refractivity contribution in [1.82, 2.24) is 30.0 Å². The molecule has 0 aromatic carbocycles. The molecule has 1 unspecified atom stereocenters. The number of nitrogens with zero attached hydrogens (tertiary/aromatic N) is 6. The van der Waals surface area contributed by atoms with Crippen molar-refractivity contribution in [3.05, 3.63) is 22.6 Å². The molecular weight excluding hydrogens is 511 g/mol. The summed E-state index contributed by atoms with van der Waals surface area (Å²) in [6.07, 6.45) is -3.29. The van der Waals surface area contributed by atoms with E-state index in [1.165, 1.54) is 11.3 Å². The first kappa shape index (κ1) is 26.9. The van der Waals surface area contributed by atoms with Crippen LogP contribution in [0.25, 0.3) is 10.2 Å². The van der Waals surface area contributed by atoms with Crippen molar-refractivity contribution in [3.8, 4) is 6.01 Å². The van der Waals surface area contributed by atoms with E-state index in [1.54, 1.807) is 27.7 Å². The Hall–Kier alpha value is -3.16. The van der Waals surface area contributed by atoms with Crippen LogP contribution in [0, 0.1) is 0 Å². The molecule has 3 aromatic rings. The monoisotopic (exact) mass is 541 g/mol. The van der Waals surface area contributed by atoms with Gasteiger partial charge in [0.1, 0.15) is 22.9 Å². The van der Waals surface area contributed by atoms with E-state index in [9.17, 15) is 18.0 Å². The number of thiophene rings is 1. The van der Waals surface area contributed by atoms with Crippen LogP contribution in [0.4, 0.5) is 23.8 Å². The van der Waals surface area contributed by atoms with Crippen molar-refractivity contribution in [2.75, 3.05) is 18.1 Å². The van der Waals surface area contributed by atoms with E-state index in [0.29, 0.717) is 5.82 Å². The third-order valence-electron chi connectivity index (χ3n) is 5.43. The normalized spacial score (nSPS) is 15.0. The Balaban J connectivity index is 1.56. The second kappa shape index (κ2) is 10.3. The maximum Gasteiger partial charge on any atom is 0.451 e. The van der Waals surface area contributed by atoms with Crippen molar-refractivity contribution in [3.63, 3.8) is 0 Å². The Morgan fingerprint density at radius 2 is 1.97 bits per heavy atom. The second-order valence-electron chi connectivity index (χ2n) is 9.88. The quantitative estimate of drug-likeness (QED) is 0.464. The number of hydrogen-bond acceptors (Lipinski definition) is 9. The summed E-state index contributed by atoms with van der Waals surface area (Å²) in [7, 11) is 0. The van der Waals surface area contributed by atoms with Crippen molar-refractivity contribution in [2.24, 2.45) is 0 Å². The van der Waals surface area contributed by atoms with Crippen LogP contribution in [-0.4, -0.2) is 55.6 Å². The fourth-order valence-corrected chi connectivity index (χ4v) is 5.03. The molecule has 0 fully saturated rings. The highest BCUT2D eigenvalue weighted by molar-refractivity contribution is 7.18. The third kappa shape index (κ3) is 6.40. The van der Waals surface area contributed by atoms with Gasteiger partial charge in [0, 0.05) is 18.0 Å². The average molecular weight is 542 g/mol. The summed E-state index contributed by atoms with van der Waals surface area (Å²) in [5, 5.41) is 10.7. The molecule has 3 aromatic heterocycles. The number of carbonyl (C=O) groups is 1. The number of halogens is 3. The molecule has 1 N–H and O–H groups in total. The molecule has 0 radical (unpaired) electrons. The molecule has 1 amide bonds. The van der Waals surface area contributed by atoms with Gasteiger partial charge in [-0.2, -0.15) is 23.1 Å². The molecule has 4 heterocycles. The number of fused-ring (bicyclic) bond motifs is 2. The SMILES string of the molecule is CCCc1cc2c(N3CCn4c(nnc4C(F)(F)F)C3)nc(OCC(C)NC(=O)OC(C)(C)C)nc2s1. The summed E-state index contributed by atoms with van der Waals surface area (Å²) >= 11 is 1.53. The Morgan fingerprint density at radius 3 is 2.65 bits per heavy atom.